The molecule has 3 rings (SSSR count). The highest BCUT2D eigenvalue weighted by molar-refractivity contribution is 8.01. The van der Waals surface area contributed by atoms with Crippen molar-refractivity contribution in [2.45, 2.75) is 9.24 Å². The van der Waals surface area contributed by atoms with Crippen LogP contribution in [-0.4, -0.2) is 10.2 Å². The van der Waals surface area contributed by atoms with Gasteiger partial charge in [0, 0.05) is 10.8 Å². The van der Waals surface area contributed by atoms with Crippen LogP contribution in [0.4, 0.5) is 0 Å². The van der Waals surface area contributed by atoms with Crippen molar-refractivity contribution in [3.8, 4) is 0 Å². The molecule has 0 unspecified atom stereocenters. The number of halogens is 1. The minimum Gasteiger partial charge on any atom is -0.142 e. The number of hydrogen-bond donors (Lipinski definition) is 0. The Morgan fingerprint density at radius 3 is 2.59 bits per heavy atom. The lowest BCUT2D eigenvalue weighted by atomic mass is 10.2. The van der Waals surface area contributed by atoms with Gasteiger partial charge in [0.25, 0.3) is 0 Å². The molecule has 0 amide bonds. The lowest BCUT2D eigenvalue weighted by Crippen LogP contribution is -1.88. The normalized spacial score (nSPS) is 10.9. The maximum absolute atomic E-state index is 6.03. The maximum Gasteiger partial charge on any atom is 0.159 e. The topological polar surface area (TPSA) is 25.8 Å². The predicted molar refractivity (Wildman–Crippen MR) is 73.0 cm³/mol. The molecule has 17 heavy (non-hydrogen) atoms. The molecule has 84 valence electrons. The molecule has 0 aliphatic rings. The van der Waals surface area contributed by atoms with Crippen LogP contribution in [0.3, 0.4) is 0 Å². The van der Waals surface area contributed by atoms with E-state index >= 15 is 0 Å². The van der Waals surface area contributed by atoms with Crippen LogP contribution in [0, 0.1) is 0 Å². The van der Waals surface area contributed by atoms with Gasteiger partial charge in [-0.25, -0.2) is 0 Å². The molecule has 3 aromatic rings. The summed E-state index contributed by atoms with van der Waals surface area (Å²) in [5.74, 6) is 0. The smallest absolute Gasteiger partial charge is 0.142 e. The van der Waals surface area contributed by atoms with Crippen LogP contribution in [0.5, 0.6) is 0 Å². The summed E-state index contributed by atoms with van der Waals surface area (Å²) in [6.45, 7) is 0. The zero-order valence-corrected chi connectivity index (χ0v) is 11.0. The molecule has 0 saturated heterocycles. The zero-order valence-electron chi connectivity index (χ0n) is 8.63. The van der Waals surface area contributed by atoms with Gasteiger partial charge in [0.05, 0.1) is 4.21 Å². The second-order valence-electron chi connectivity index (χ2n) is 3.38. The fraction of sp³-hybridized carbons (Fsp3) is 0. The molecule has 0 aliphatic heterocycles. The summed E-state index contributed by atoms with van der Waals surface area (Å²) >= 11 is 9.34. The summed E-state index contributed by atoms with van der Waals surface area (Å²) in [5.41, 5.74) is 0. The summed E-state index contributed by atoms with van der Waals surface area (Å²) in [6.07, 6.45) is 0. The van der Waals surface area contributed by atoms with E-state index in [1.54, 1.807) is 23.1 Å². The summed E-state index contributed by atoms with van der Waals surface area (Å²) in [7, 11) is 0. The molecule has 2 nitrogen and oxygen atoms in total. The molecule has 0 spiro atoms. The lowest BCUT2D eigenvalue weighted by Gasteiger charge is -2.03. The van der Waals surface area contributed by atoms with E-state index in [1.165, 1.54) is 4.21 Å². The Hall–Kier alpha value is -1.10. The Morgan fingerprint density at radius 1 is 1.00 bits per heavy atom. The van der Waals surface area contributed by atoms with Crippen LogP contribution in [0.2, 0.25) is 5.15 Å². The van der Waals surface area contributed by atoms with Crippen molar-refractivity contribution in [3.63, 3.8) is 0 Å². The number of benzene rings is 1. The second-order valence-corrected chi connectivity index (χ2v) is 5.97. The zero-order chi connectivity index (χ0) is 11.7. The Labute approximate surface area is 112 Å². The molecule has 0 saturated carbocycles. The van der Waals surface area contributed by atoms with Gasteiger partial charge < -0.3 is 0 Å². The fourth-order valence-electron chi connectivity index (χ4n) is 1.54. The van der Waals surface area contributed by atoms with Gasteiger partial charge in [-0.2, -0.15) is 0 Å². The molecule has 0 fully saturated rings. The van der Waals surface area contributed by atoms with Crippen LogP contribution < -0.4 is 0 Å². The number of thiophene rings is 1. The lowest BCUT2D eigenvalue weighted by molar-refractivity contribution is 0.957. The Balaban J connectivity index is 2.14. The van der Waals surface area contributed by atoms with Crippen molar-refractivity contribution in [2.24, 2.45) is 0 Å². The molecule has 0 aliphatic carbocycles. The van der Waals surface area contributed by atoms with Gasteiger partial charge in [-0.1, -0.05) is 53.7 Å². The minimum absolute atomic E-state index is 0.455. The van der Waals surface area contributed by atoms with Gasteiger partial charge >= 0.3 is 0 Å². The average Bonchev–Trinajstić information content (AvgIpc) is 2.86. The second kappa shape index (κ2) is 4.64. The standard InChI is InChI=1S/C12H7ClN2S2/c13-11-8-4-1-2-5-9(8)12(15-14-11)17-10-6-3-7-16-10/h1-7H. The van der Waals surface area contributed by atoms with Crippen LogP contribution in [-0.2, 0) is 0 Å². The van der Waals surface area contributed by atoms with Gasteiger partial charge in [0.1, 0.15) is 5.03 Å². The van der Waals surface area contributed by atoms with E-state index < -0.39 is 0 Å². The van der Waals surface area contributed by atoms with Gasteiger partial charge in [-0.3, -0.25) is 0 Å². The van der Waals surface area contributed by atoms with Crippen molar-refractivity contribution >= 4 is 45.5 Å². The number of fused-ring (bicyclic) bond motifs is 1. The average molecular weight is 279 g/mol. The molecule has 0 atom stereocenters. The molecular weight excluding hydrogens is 272 g/mol. The van der Waals surface area contributed by atoms with Gasteiger partial charge in [-0.15, -0.1) is 21.5 Å². The summed E-state index contributed by atoms with van der Waals surface area (Å²) in [6, 6.07) is 12.0. The highest BCUT2D eigenvalue weighted by atomic mass is 35.5. The molecule has 0 radical (unpaired) electrons. The van der Waals surface area contributed by atoms with Gasteiger partial charge in [-0.05, 0) is 11.4 Å². The van der Waals surface area contributed by atoms with Crippen molar-refractivity contribution < 1.29 is 0 Å². The number of hydrogen-bond acceptors (Lipinski definition) is 4. The quantitative estimate of drug-likeness (QED) is 0.690. The van der Waals surface area contributed by atoms with Gasteiger partial charge in [0.15, 0.2) is 5.15 Å². The molecule has 5 heteroatoms. The van der Waals surface area contributed by atoms with Crippen LogP contribution in [0.15, 0.2) is 51.0 Å². The summed E-state index contributed by atoms with van der Waals surface area (Å²) in [4.78, 5) is 0. The molecule has 2 heterocycles. The molecule has 0 bridgehead atoms. The summed E-state index contributed by atoms with van der Waals surface area (Å²) < 4.78 is 1.20. The first kappa shape index (κ1) is 11.0. The largest absolute Gasteiger partial charge is 0.159 e. The van der Waals surface area contributed by atoms with E-state index in [0.29, 0.717) is 5.15 Å². The Bertz CT molecular complexity index is 653. The van der Waals surface area contributed by atoms with E-state index in [1.807, 2.05) is 35.7 Å². The van der Waals surface area contributed by atoms with E-state index in [9.17, 15) is 0 Å². The fourth-order valence-corrected chi connectivity index (χ4v) is 3.49. The van der Waals surface area contributed by atoms with E-state index in [4.69, 9.17) is 11.6 Å². The maximum atomic E-state index is 6.03. The monoisotopic (exact) mass is 278 g/mol. The SMILES string of the molecule is Clc1nnc(Sc2cccs2)c2ccccc12. The van der Waals surface area contributed by atoms with Crippen LogP contribution in [0.25, 0.3) is 10.8 Å². The van der Waals surface area contributed by atoms with Crippen LogP contribution >= 0.6 is 34.7 Å². The highest BCUT2D eigenvalue weighted by Crippen LogP contribution is 2.35. The molecule has 2 aromatic heterocycles. The van der Waals surface area contributed by atoms with E-state index in [0.717, 1.165) is 15.8 Å². The van der Waals surface area contributed by atoms with Crippen molar-refractivity contribution in [1.29, 1.82) is 0 Å². The number of aromatic nitrogens is 2. The first-order valence-corrected chi connectivity index (χ1v) is 7.04. The third-order valence-corrected chi connectivity index (χ3v) is 4.61. The van der Waals surface area contributed by atoms with Crippen molar-refractivity contribution in [1.82, 2.24) is 10.2 Å². The van der Waals surface area contributed by atoms with E-state index in [2.05, 4.69) is 16.3 Å². The third kappa shape index (κ3) is 2.16. The van der Waals surface area contributed by atoms with Crippen molar-refractivity contribution in [2.75, 3.05) is 0 Å². The van der Waals surface area contributed by atoms with Crippen molar-refractivity contribution in [3.05, 3.63) is 46.9 Å². The highest BCUT2D eigenvalue weighted by Gasteiger charge is 2.08. The molecule has 1 aromatic carbocycles. The van der Waals surface area contributed by atoms with E-state index in [-0.39, 0.29) is 0 Å². The van der Waals surface area contributed by atoms with Gasteiger partial charge in [0.2, 0.25) is 0 Å². The predicted octanol–water partition coefficient (Wildman–Crippen LogP) is 4.50. The first-order valence-electron chi connectivity index (χ1n) is 4.97. The minimum atomic E-state index is 0.455. The van der Waals surface area contributed by atoms with Crippen LogP contribution in [0.1, 0.15) is 0 Å². The Kier molecular flexibility index (Phi) is 3.01. The number of rotatable bonds is 2. The number of nitrogens with zero attached hydrogens (tertiary/aromatic N) is 2. The summed E-state index contributed by atoms with van der Waals surface area (Å²) in [5, 5.41) is 13.6. The Morgan fingerprint density at radius 2 is 1.82 bits per heavy atom. The third-order valence-electron chi connectivity index (χ3n) is 2.30. The molecular formula is C12H7ClN2S2. The molecule has 0 N–H and O–H groups in total. The first-order chi connectivity index (χ1) is 8.34.